The molecule has 0 N–H and O–H groups in total. The zero-order valence-electron chi connectivity index (χ0n) is 13.5. The van der Waals surface area contributed by atoms with Crippen LogP contribution in [-0.2, 0) is 14.3 Å². The third-order valence-electron chi connectivity index (χ3n) is 3.53. The molecule has 0 aromatic heterocycles. The molecule has 0 saturated carbocycles. The fourth-order valence-electron chi connectivity index (χ4n) is 2.22. The van der Waals surface area contributed by atoms with Crippen molar-refractivity contribution in [2.75, 3.05) is 0 Å². The predicted octanol–water partition coefficient (Wildman–Crippen LogP) is 4.79. The van der Waals surface area contributed by atoms with Crippen LogP contribution in [0.2, 0.25) is 0 Å². The molecule has 23 heavy (non-hydrogen) atoms. The first-order valence-electron chi connectivity index (χ1n) is 8.30. The van der Waals surface area contributed by atoms with E-state index in [-0.39, 0.29) is 34.5 Å². The second kappa shape index (κ2) is 14.1. The summed E-state index contributed by atoms with van der Waals surface area (Å²) in [5, 5.41) is 0. The van der Waals surface area contributed by atoms with Crippen LogP contribution in [0.15, 0.2) is 47.6 Å². The molecule has 0 saturated heterocycles. The average Bonchev–Trinajstić information content (AvgIpc) is 2.53. The van der Waals surface area contributed by atoms with Crippen molar-refractivity contribution in [3.63, 3.8) is 0 Å². The molecule has 5 heteroatoms. The Balaban J connectivity index is 0.00000484. The van der Waals surface area contributed by atoms with Crippen LogP contribution < -0.4 is 0 Å². The van der Waals surface area contributed by atoms with E-state index in [4.69, 9.17) is 4.18 Å². The first-order valence-corrected chi connectivity index (χ1v) is 9.71. The van der Waals surface area contributed by atoms with E-state index in [2.05, 4.69) is 6.92 Å². The van der Waals surface area contributed by atoms with E-state index in [9.17, 15) is 8.42 Å². The first kappa shape index (κ1) is 22.7. The molecule has 0 heterocycles. The Morgan fingerprint density at radius 3 is 2.09 bits per heavy atom. The molecule has 0 fully saturated rings. The summed E-state index contributed by atoms with van der Waals surface area (Å²) in [6, 6.07) is 8.20. The monoisotopic (exact) mass is 348 g/mol. The number of benzene rings is 1. The van der Waals surface area contributed by atoms with Crippen molar-refractivity contribution in [1.29, 1.82) is 0 Å². The Labute approximate surface area is 163 Å². The topological polar surface area (TPSA) is 43.4 Å². The molecule has 0 bridgehead atoms. The summed E-state index contributed by atoms with van der Waals surface area (Å²) >= 11 is 0. The Hall–Kier alpha value is -0.290. The normalized spacial score (nSPS) is 11.3. The van der Waals surface area contributed by atoms with Gasteiger partial charge in [0.15, 0.2) is 0 Å². The van der Waals surface area contributed by atoms with Crippen LogP contribution in [0.4, 0.5) is 0 Å². The van der Waals surface area contributed by atoms with Crippen molar-refractivity contribution < 1.29 is 12.6 Å². The Bertz CT molecular complexity index is 512. The second-order valence-corrected chi connectivity index (χ2v) is 7.07. The summed E-state index contributed by atoms with van der Waals surface area (Å²) in [5.41, 5.74) is 0. The molecule has 0 unspecified atom stereocenters. The molecule has 0 amide bonds. The van der Waals surface area contributed by atoms with Crippen molar-refractivity contribution in [1.82, 2.24) is 0 Å². The van der Waals surface area contributed by atoms with Gasteiger partial charge in [0.1, 0.15) is 11.2 Å². The molecule has 0 atom stereocenters. The molecule has 1 aromatic carbocycles. The number of hydrogen-bond donors (Lipinski definition) is 0. The quantitative estimate of drug-likeness (QED) is 0.236. The first-order chi connectivity index (χ1) is 10.7. The van der Waals surface area contributed by atoms with Crippen molar-refractivity contribution in [3.8, 4) is 0 Å². The van der Waals surface area contributed by atoms with Crippen molar-refractivity contribution in [2.24, 2.45) is 0 Å². The summed E-state index contributed by atoms with van der Waals surface area (Å²) in [5.74, 6) is 0. The van der Waals surface area contributed by atoms with E-state index in [1.54, 1.807) is 24.3 Å². The fourth-order valence-corrected chi connectivity index (χ4v) is 3.05. The molecule has 0 aliphatic rings. The third kappa shape index (κ3) is 11.0. The van der Waals surface area contributed by atoms with Gasteiger partial charge in [-0.1, -0.05) is 70.1 Å². The summed E-state index contributed by atoms with van der Waals surface area (Å²) in [7, 11) is -3.66. The zero-order chi connectivity index (χ0) is 16.1. The molecule has 0 aliphatic carbocycles. The summed E-state index contributed by atoms with van der Waals surface area (Å²) in [6.45, 7) is 2.23. The maximum atomic E-state index is 11.8. The number of unbranched alkanes of at least 4 members (excludes halogenated alkanes) is 8. The molecular formula is C18H29NaO3S. The SMILES string of the molecule is CCCCCCCCCCC=COS(=O)(=O)c1ccccc1.[NaH]. The van der Waals surface area contributed by atoms with Gasteiger partial charge in [-0.25, -0.2) is 0 Å². The van der Waals surface area contributed by atoms with E-state index in [1.807, 2.05) is 0 Å². The molecule has 0 aliphatic heterocycles. The molecule has 0 spiro atoms. The summed E-state index contributed by atoms with van der Waals surface area (Å²) < 4.78 is 28.5. The van der Waals surface area contributed by atoms with Gasteiger partial charge in [0, 0.05) is 0 Å². The van der Waals surface area contributed by atoms with E-state index in [0.29, 0.717) is 0 Å². The molecule has 0 radical (unpaired) electrons. The van der Waals surface area contributed by atoms with Crippen LogP contribution in [0.5, 0.6) is 0 Å². The minimum atomic E-state index is -3.66. The van der Waals surface area contributed by atoms with E-state index < -0.39 is 10.1 Å². The molecule has 1 rings (SSSR count). The van der Waals surface area contributed by atoms with Gasteiger partial charge in [0.2, 0.25) is 0 Å². The maximum absolute atomic E-state index is 11.8. The number of allylic oxidation sites excluding steroid dienone is 1. The van der Waals surface area contributed by atoms with Crippen molar-refractivity contribution in [2.45, 2.75) is 69.6 Å². The predicted molar refractivity (Wildman–Crippen MR) is 98.2 cm³/mol. The summed E-state index contributed by atoms with van der Waals surface area (Å²) in [6.07, 6.45) is 14.1. The Morgan fingerprint density at radius 1 is 0.913 bits per heavy atom. The van der Waals surface area contributed by atoms with Gasteiger partial charge >= 0.3 is 39.7 Å². The number of hydrogen-bond acceptors (Lipinski definition) is 3. The van der Waals surface area contributed by atoms with Gasteiger partial charge in [-0.15, -0.1) is 0 Å². The van der Waals surface area contributed by atoms with Crippen LogP contribution in [0.1, 0.15) is 64.7 Å². The average molecular weight is 348 g/mol. The molecule has 3 nitrogen and oxygen atoms in total. The van der Waals surface area contributed by atoms with Gasteiger partial charge in [0.05, 0.1) is 0 Å². The van der Waals surface area contributed by atoms with E-state index in [0.717, 1.165) is 12.8 Å². The third-order valence-corrected chi connectivity index (χ3v) is 4.75. The fraction of sp³-hybridized carbons (Fsp3) is 0.556. The van der Waals surface area contributed by atoms with Crippen LogP contribution in [-0.4, -0.2) is 38.0 Å². The number of rotatable bonds is 12. The van der Waals surface area contributed by atoms with Gasteiger partial charge in [0.25, 0.3) is 0 Å². The van der Waals surface area contributed by atoms with Crippen LogP contribution in [0.3, 0.4) is 0 Å². The Morgan fingerprint density at radius 2 is 1.48 bits per heavy atom. The van der Waals surface area contributed by atoms with Crippen LogP contribution in [0, 0.1) is 0 Å². The Kier molecular flexibility index (Phi) is 13.9. The van der Waals surface area contributed by atoms with Crippen molar-refractivity contribution in [3.05, 3.63) is 42.7 Å². The van der Waals surface area contributed by atoms with Gasteiger partial charge < -0.3 is 4.18 Å². The van der Waals surface area contributed by atoms with E-state index in [1.165, 1.54) is 63.3 Å². The molecule has 1 aromatic rings. The minimum absolute atomic E-state index is 0. The van der Waals surface area contributed by atoms with Crippen molar-refractivity contribution >= 4 is 39.7 Å². The molecule has 126 valence electrons. The zero-order valence-corrected chi connectivity index (χ0v) is 14.4. The van der Waals surface area contributed by atoms with Crippen LogP contribution in [0.25, 0.3) is 0 Å². The summed E-state index contributed by atoms with van der Waals surface area (Å²) in [4.78, 5) is 0.187. The van der Waals surface area contributed by atoms with Gasteiger partial charge in [-0.2, -0.15) is 8.42 Å². The second-order valence-electron chi connectivity index (χ2n) is 5.50. The van der Waals surface area contributed by atoms with Gasteiger partial charge in [-0.05, 0) is 31.1 Å². The van der Waals surface area contributed by atoms with Gasteiger partial charge in [-0.3, -0.25) is 0 Å². The molecular weight excluding hydrogens is 319 g/mol. The standard InChI is InChI=1S/C18H28O3S.Na.H/c1-2-3-4-5-6-7-8-9-10-14-17-21-22(19,20)18-15-12-11-13-16-18;;/h11-17H,2-10H2,1H3;;. The van der Waals surface area contributed by atoms with Crippen LogP contribution >= 0.6 is 0 Å². The van der Waals surface area contributed by atoms with E-state index >= 15 is 0 Å².